The largest absolute Gasteiger partial charge is 0.463 e. The van der Waals surface area contributed by atoms with Crippen LogP contribution in [0.15, 0.2) is 30.5 Å². The van der Waals surface area contributed by atoms with E-state index in [0.717, 1.165) is 74.2 Å². The molecule has 2 aromatic heterocycles. The number of hydrogen-bond donors (Lipinski definition) is 2. The Bertz CT molecular complexity index is 1190. The van der Waals surface area contributed by atoms with Crippen LogP contribution in [-0.2, 0) is 16.1 Å². The number of unbranched alkanes of at least 4 members (excludes halogenated alkanes) is 1. The van der Waals surface area contributed by atoms with Gasteiger partial charge in [-0.05, 0) is 50.5 Å². The molecule has 0 atom stereocenters. The summed E-state index contributed by atoms with van der Waals surface area (Å²) in [6, 6.07) is 9.42. The fourth-order valence-electron chi connectivity index (χ4n) is 5.86. The smallest absolute Gasteiger partial charge is 0.302 e. The first-order chi connectivity index (χ1) is 18.6. The zero-order chi connectivity index (χ0) is 26.3. The van der Waals surface area contributed by atoms with Gasteiger partial charge in [0.15, 0.2) is 0 Å². The number of carbonyl (C=O) groups excluding carboxylic acids is 1. The molecule has 5 rings (SSSR count). The van der Waals surface area contributed by atoms with E-state index in [4.69, 9.17) is 14.8 Å². The molecule has 3 aromatic rings. The van der Waals surface area contributed by atoms with Crippen molar-refractivity contribution in [2.75, 3.05) is 11.9 Å². The summed E-state index contributed by atoms with van der Waals surface area (Å²) in [5.74, 6) is 1.67. The van der Waals surface area contributed by atoms with Gasteiger partial charge in [-0.25, -0.2) is 14.5 Å². The topological polar surface area (TPSA) is 93.4 Å². The summed E-state index contributed by atoms with van der Waals surface area (Å²) in [5, 5.41) is 12.0. The van der Waals surface area contributed by atoms with Crippen LogP contribution in [0.25, 0.3) is 16.8 Å². The van der Waals surface area contributed by atoms with Crippen LogP contribution in [-0.4, -0.2) is 44.2 Å². The van der Waals surface area contributed by atoms with E-state index in [-0.39, 0.29) is 18.0 Å². The summed E-state index contributed by atoms with van der Waals surface area (Å²) in [6.45, 7) is 5.42. The Morgan fingerprint density at radius 2 is 1.82 bits per heavy atom. The second-order valence-corrected chi connectivity index (χ2v) is 11.0. The van der Waals surface area contributed by atoms with Crippen molar-refractivity contribution < 1.29 is 9.53 Å². The Morgan fingerprint density at radius 1 is 1.05 bits per heavy atom. The summed E-state index contributed by atoms with van der Waals surface area (Å²) in [5.41, 5.74) is 4.23. The molecule has 38 heavy (non-hydrogen) atoms. The van der Waals surface area contributed by atoms with E-state index in [2.05, 4.69) is 46.8 Å². The Balaban J connectivity index is 1.37. The van der Waals surface area contributed by atoms with E-state index in [9.17, 15) is 4.79 Å². The van der Waals surface area contributed by atoms with Gasteiger partial charge < -0.3 is 15.4 Å². The third kappa shape index (κ3) is 6.52. The third-order valence-corrected chi connectivity index (χ3v) is 8.03. The number of hydrogen-bond acceptors (Lipinski definition) is 7. The van der Waals surface area contributed by atoms with Crippen molar-refractivity contribution in [2.45, 2.75) is 109 Å². The van der Waals surface area contributed by atoms with Gasteiger partial charge in [0.1, 0.15) is 17.4 Å². The lowest BCUT2D eigenvalue weighted by atomic mass is 9.87. The number of anilines is 1. The average Bonchev–Trinajstić information content (AvgIpc) is 3.32. The monoisotopic (exact) mass is 518 g/mol. The fraction of sp³-hybridized carbons (Fsp3) is 0.600. The van der Waals surface area contributed by atoms with E-state index >= 15 is 0 Å². The zero-order valence-corrected chi connectivity index (χ0v) is 22.9. The first-order valence-electron chi connectivity index (χ1n) is 14.6. The molecule has 2 aliphatic carbocycles. The number of benzene rings is 1. The zero-order valence-electron chi connectivity index (χ0n) is 22.9. The highest BCUT2D eigenvalue weighted by molar-refractivity contribution is 5.77. The standard InChI is InChI=1S/C30H42N6O2/c1-3-4-18-31-30-33-20-27-28(23-12-10-22(11-13-23)19-32-25-8-6-5-7-9-25)34-29(36(27)35-30)24-14-16-26(17-15-24)38-21(2)37/h10-13,20,24-26,32H,3-9,14-19H2,1-2H3,(H,31,35). The molecule has 2 heterocycles. The number of ether oxygens (including phenoxy) is 1. The normalized spacial score (nSPS) is 20.5. The van der Waals surface area contributed by atoms with E-state index in [0.29, 0.717) is 12.0 Å². The van der Waals surface area contributed by atoms with Crippen LogP contribution in [0.1, 0.15) is 102 Å². The van der Waals surface area contributed by atoms with Crippen molar-refractivity contribution in [2.24, 2.45) is 0 Å². The van der Waals surface area contributed by atoms with Crippen LogP contribution in [0.4, 0.5) is 5.95 Å². The first-order valence-corrected chi connectivity index (χ1v) is 14.6. The summed E-state index contributed by atoms with van der Waals surface area (Å²) in [6.07, 6.45) is 14.3. The van der Waals surface area contributed by atoms with E-state index in [1.807, 2.05) is 10.7 Å². The van der Waals surface area contributed by atoms with Crippen molar-refractivity contribution in [3.8, 4) is 11.3 Å². The third-order valence-electron chi connectivity index (χ3n) is 8.03. The molecular weight excluding hydrogens is 476 g/mol. The molecule has 8 heteroatoms. The summed E-state index contributed by atoms with van der Waals surface area (Å²) < 4.78 is 7.47. The lowest BCUT2D eigenvalue weighted by Crippen LogP contribution is -2.30. The number of rotatable bonds is 10. The van der Waals surface area contributed by atoms with Crippen molar-refractivity contribution in [1.82, 2.24) is 24.9 Å². The maximum absolute atomic E-state index is 11.4. The highest BCUT2D eigenvalue weighted by Crippen LogP contribution is 2.36. The lowest BCUT2D eigenvalue weighted by Gasteiger charge is -2.27. The van der Waals surface area contributed by atoms with Gasteiger partial charge in [-0.15, -0.1) is 5.10 Å². The maximum Gasteiger partial charge on any atom is 0.302 e. The number of fused-ring (bicyclic) bond motifs is 1. The quantitative estimate of drug-likeness (QED) is 0.251. The molecule has 204 valence electrons. The van der Waals surface area contributed by atoms with Crippen LogP contribution in [0.5, 0.6) is 0 Å². The molecule has 2 fully saturated rings. The Labute approximate surface area is 226 Å². The number of imidazole rings is 1. The van der Waals surface area contributed by atoms with Crippen LogP contribution < -0.4 is 10.6 Å². The fourth-order valence-corrected chi connectivity index (χ4v) is 5.86. The SMILES string of the molecule is CCCCNc1ncc2c(-c3ccc(CNC4CCCCC4)cc3)nc(C3CCC(OC(C)=O)CC3)n2n1. The van der Waals surface area contributed by atoms with E-state index < -0.39 is 0 Å². The Hall–Kier alpha value is -3.00. The molecule has 2 aliphatic rings. The first kappa shape index (κ1) is 26.6. The van der Waals surface area contributed by atoms with Gasteiger partial charge in [-0.3, -0.25) is 4.79 Å². The highest BCUT2D eigenvalue weighted by atomic mass is 16.5. The number of esters is 1. The minimum absolute atomic E-state index is 0.00473. The van der Waals surface area contributed by atoms with Crippen LogP contribution in [0, 0.1) is 0 Å². The van der Waals surface area contributed by atoms with Gasteiger partial charge >= 0.3 is 5.97 Å². The minimum atomic E-state index is -0.199. The molecule has 8 nitrogen and oxygen atoms in total. The van der Waals surface area contributed by atoms with Crippen molar-refractivity contribution >= 4 is 17.4 Å². The molecule has 0 radical (unpaired) electrons. The van der Waals surface area contributed by atoms with E-state index in [1.54, 1.807) is 0 Å². The van der Waals surface area contributed by atoms with Crippen molar-refractivity contribution in [3.05, 3.63) is 41.9 Å². The number of carbonyl (C=O) groups is 1. The van der Waals surface area contributed by atoms with Gasteiger partial charge in [0.2, 0.25) is 5.95 Å². The molecule has 0 aliphatic heterocycles. The summed E-state index contributed by atoms with van der Waals surface area (Å²) >= 11 is 0. The van der Waals surface area contributed by atoms with Crippen LogP contribution in [0.3, 0.4) is 0 Å². The maximum atomic E-state index is 11.4. The lowest BCUT2D eigenvalue weighted by molar-refractivity contribution is -0.147. The van der Waals surface area contributed by atoms with Crippen LogP contribution >= 0.6 is 0 Å². The highest BCUT2D eigenvalue weighted by Gasteiger charge is 2.29. The van der Waals surface area contributed by atoms with Crippen molar-refractivity contribution in [3.63, 3.8) is 0 Å². The molecule has 0 unspecified atom stereocenters. The van der Waals surface area contributed by atoms with Gasteiger partial charge in [-0.1, -0.05) is 56.9 Å². The minimum Gasteiger partial charge on any atom is -0.463 e. The number of nitrogens with zero attached hydrogens (tertiary/aromatic N) is 4. The number of nitrogens with one attached hydrogen (secondary N) is 2. The Morgan fingerprint density at radius 3 is 2.53 bits per heavy atom. The number of aromatic nitrogens is 4. The molecule has 2 saturated carbocycles. The Kier molecular flexibility index (Phi) is 8.89. The predicted octanol–water partition coefficient (Wildman–Crippen LogP) is 6.01. The molecule has 1 aromatic carbocycles. The van der Waals surface area contributed by atoms with Crippen molar-refractivity contribution in [1.29, 1.82) is 0 Å². The second-order valence-electron chi connectivity index (χ2n) is 11.0. The van der Waals surface area contributed by atoms with Gasteiger partial charge in [0.05, 0.1) is 11.9 Å². The average molecular weight is 519 g/mol. The second kappa shape index (κ2) is 12.7. The van der Waals surface area contributed by atoms with Gasteiger partial charge in [0, 0.05) is 37.5 Å². The predicted molar refractivity (Wildman–Crippen MR) is 150 cm³/mol. The molecule has 0 saturated heterocycles. The molecule has 2 N–H and O–H groups in total. The van der Waals surface area contributed by atoms with Gasteiger partial charge in [-0.2, -0.15) is 0 Å². The molecular formula is C30H42N6O2. The molecule has 0 spiro atoms. The molecule has 0 bridgehead atoms. The molecule has 0 amide bonds. The van der Waals surface area contributed by atoms with E-state index in [1.165, 1.54) is 44.6 Å². The van der Waals surface area contributed by atoms with Crippen LogP contribution in [0.2, 0.25) is 0 Å². The van der Waals surface area contributed by atoms with Gasteiger partial charge in [0.25, 0.3) is 0 Å². The summed E-state index contributed by atoms with van der Waals surface area (Å²) in [4.78, 5) is 21.2. The summed E-state index contributed by atoms with van der Waals surface area (Å²) in [7, 11) is 0.